The molecule has 4 rings (SSSR count). The van der Waals surface area contributed by atoms with E-state index >= 15 is 0 Å². The van der Waals surface area contributed by atoms with Gasteiger partial charge in [0, 0.05) is 18.7 Å². The van der Waals surface area contributed by atoms with E-state index in [-0.39, 0.29) is 29.6 Å². The number of rotatable bonds is 5. The van der Waals surface area contributed by atoms with E-state index < -0.39 is 0 Å². The van der Waals surface area contributed by atoms with E-state index in [4.69, 9.17) is 0 Å². The van der Waals surface area contributed by atoms with Gasteiger partial charge in [0.25, 0.3) is 0 Å². The van der Waals surface area contributed by atoms with Crippen LogP contribution in [-0.4, -0.2) is 29.2 Å². The number of hydrogen-bond donors (Lipinski definition) is 1. The molecule has 1 aromatic carbocycles. The summed E-state index contributed by atoms with van der Waals surface area (Å²) in [7, 11) is 0. The standard InChI is InChI=1S/C22H26N2O3/c25-20(23-19-12-5-8-15-7-1-2-9-16(15)19)13-6-14-24-21(26)17-10-3-4-11-18(17)22(24)27/h3-5,8,12,17-18H,1-2,6-7,9-11,13-14H2,(H,23,25)/t17-,18-/m0/s1. The van der Waals surface area contributed by atoms with Crippen molar-refractivity contribution < 1.29 is 14.4 Å². The zero-order valence-electron chi connectivity index (χ0n) is 15.6. The number of anilines is 1. The number of carbonyl (C=O) groups is 3. The molecular weight excluding hydrogens is 340 g/mol. The summed E-state index contributed by atoms with van der Waals surface area (Å²) >= 11 is 0. The summed E-state index contributed by atoms with van der Waals surface area (Å²) in [6.07, 6.45) is 10.6. The van der Waals surface area contributed by atoms with Gasteiger partial charge < -0.3 is 5.32 Å². The van der Waals surface area contributed by atoms with Crippen LogP contribution in [0.3, 0.4) is 0 Å². The SMILES string of the molecule is O=C(CCCN1C(=O)[C@H]2CC=CC[C@@H]2C1=O)Nc1cccc2c1CCCC2. The second kappa shape index (κ2) is 7.67. The largest absolute Gasteiger partial charge is 0.326 e. The molecule has 2 atom stereocenters. The minimum Gasteiger partial charge on any atom is -0.326 e. The molecule has 2 aliphatic carbocycles. The van der Waals surface area contributed by atoms with Crippen LogP contribution in [0.2, 0.25) is 0 Å². The quantitative estimate of drug-likeness (QED) is 0.643. The molecule has 3 aliphatic rings. The maximum atomic E-state index is 12.4. The second-order valence-electron chi connectivity index (χ2n) is 7.79. The Bertz CT molecular complexity index is 773. The van der Waals surface area contributed by atoms with Crippen LogP contribution in [0.1, 0.15) is 49.7 Å². The Balaban J connectivity index is 1.30. The molecule has 1 fully saturated rings. The highest BCUT2D eigenvalue weighted by Gasteiger charge is 2.46. The molecule has 1 aromatic rings. The van der Waals surface area contributed by atoms with Gasteiger partial charge in [-0.1, -0.05) is 24.3 Å². The molecule has 0 aromatic heterocycles. The van der Waals surface area contributed by atoms with Crippen LogP contribution >= 0.6 is 0 Å². The fraction of sp³-hybridized carbons (Fsp3) is 0.500. The molecular formula is C22H26N2O3. The lowest BCUT2D eigenvalue weighted by atomic mass is 9.85. The summed E-state index contributed by atoms with van der Waals surface area (Å²) in [6, 6.07) is 6.10. The zero-order valence-corrected chi connectivity index (χ0v) is 15.6. The number of allylic oxidation sites excluding steroid dienone is 2. The lowest BCUT2D eigenvalue weighted by molar-refractivity contribution is -0.140. The van der Waals surface area contributed by atoms with Crippen LogP contribution in [0.15, 0.2) is 30.4 Å². The number of carbonyl (C=O) groups excluding carboxylic acids is 3. The van der Waals surface area contributed by atoms with Gasteiger partial charge in [-0.25, -0.2) is 0 Å². The molecule has 0 saturated carbocycles. The molecule has 142 valence electrons. The second-order valence-corrected chi connectivity index (χ2v) is 7.79. The van der Waals surface area contributed by atoms with Crippen LogP contribution in [0.25, 0.3) is 0 Å². The number of aryl methyl sites for hydroxylation is 1. The van der Waals surface area contributed by atoms with Crippen molar-refractivity contribution in [3.8, 4) is 0 Å². The monoisotopic (exact) mass is 366 g/mol. The third kappa shape index (κ3) is 3.55. The van der Waals surface area contributed by atoms with Crippen molar-refractivity contribution in [2.45, 2.75) is 51.4 Å². The van der Waals surface area contributed by atoms with Crippen LogP contribution in [-0.2, 0) is 27.2 Å². The first-order valence-electron chi connectivity index (χ1n) is 10.1. The molecule has 1 N–H and O–H groups in total. The van der Waals surface area contributed by atoms with Gasteiger partial charge in [-0.2, -0.15) is 0 Å². The summed E-state index contributed by atoms with van der Waals surface area (Å²) in [5.41, 5.74) is 3.52. The number of hydrogen-bond acceptors (Lipinski definition) is 3. The van der Waals surface area contributed by atoms with Gasteiger partial charge in [-0.3, -0.25) is 19.3 Å². The first-order chi connectivity index (χ1) is 13.1. The average molecular weight is 366 g/mol. The number of benzene rings is 1. The maximum Gasteiger partial charge on any atom is 0.233 e. The van der Waals surface area contributed by atoms with Crippen molar-refractivity contribution in [3.05, 3.63) is 41.5 Å². The zero-order chi connectivity index (χ0) is 18.8. The average Bonchev–Trinajstić information content (AvgIpc) is 2.93. The normalized spacial score (nSPS) is 23.9. The van der Waals surface area contributed by atoms with E-state index in [0.717, 1.165) is 24.9 Å². The van der Waals surface area contributed by atoms with Gasteiger partial charge >= 0.3 is 0 Å². The number of imide groups is 1. The van der Waals surface area contributed by atoms with Crippen LogP contribution in [0.5, 0.6) is 0 Å². The molecule has 0 bridgehead atoms. The Morgan fingerprint density at radius 3 is 2.48 bits per heavy atom. The number of likely N-dealkylation sites (tertiary alicyclic amines) is 1. The van der Waals surface area contributed by atoms with Gasteiger partial charge in [-0.05, 0) is 62.1 Å². The fourth-order valence-electron chi connectivity index (χ4n) is 4.60. The van der Waals surface area contributed by atoms with Crippen molar-refractivity contribution in [3.63, 3.8) is 0 Å². The Labute approximate surface area is 159 Å². The molecule has 0 unspecified atom stereocenters. The summed E-state index contributed by atoms with van der Waals surface area (Å²) in [5, 5.41) is 3.03. The van der Waals surface area contributed by atoms with E-state index in [0.29, 0.717) is 32.2 Å². The predicted molar refractivity (Wildman–Crippen MR) is 103 cm³/mol. The Morgan fingerprint density at radius 1 is 1.04 bits per heavy atom. The van der Waals surface area contributed by atoms with E-state index in [9.17, 15) is 14.4 Å². The van der Waals surface area contributed by atoms with Crippen molar-refractivity contribution in [2.75, 3.05) is 11.9 Å². The number of nitrogens with zero attached hydrogens (tertiary/aromatic N) is 1. The smallest absolute Gasteiger partial charge is 0.233 e. The number of fused-ring (bicyclic) bond motifs is 2. The third-order valence-electron chi connectivity index (χ3n) is 6.05. The highest BCUT2D eigenvalue weighted by atomic mass is 16.2. The van der Waals surface area contributed by atoms with Gasteiger partial charge in [0.2, 0.25) is 17.7 Å². The first-order valence-corrected chi connectivity index (χ1v) is 10.1. The summed E-state index contributed by atoms with van der Waals surface area (Å²) in [6.45, 7) is 0.338. The lowest BCUT2D eigenvalue weighted by Gasteiger charge is -2.20. The molecule has 3 amide bonds. The van der Waals surface area contributed by atoms with E-state index in [1.807, 2.05) is 24.3 Å². The van der Waals surface area contributed by atoms with Gasteiger partial charge in [0.05, 0.1) is 11.8 Å². The van der Waals surface area contributed by atoms with Crippen molar-refractivity contribution in [2.24, 2.45) is 11.8 Å². The molecule has 1 heterocycles. The summed E-state index contributed by atoms with van der Waals surface area (Å²) in [4.78, 5) is 38.6. The fourth-order valence-corrected chi connectivity index (χ4v) is 4.60. The van der Waals surface area contributed by atoms with E-state index in [2.05, 4.69) is 11.4 Å². The van der Waals surface area contributed by atoms with Crippen LogP contribution in [0.4, 0.5) is 5.69 Å². The lowest BCUT2D eigenvalue weighted by Crippen LogP contribution is -2.32. The van der Waals surface area contributed by atoms with Crippen LogP contribution in [0, 0.1) is 11.8 Å². The van der Waals surface area contributed by atoms with E-state index in [1.54, 1.807) is 0 Å². The van der Waals surface area contributed by atoms with Gasteiger partial charge in [0.15, 0.2) is 0 Å². The van der Waals surface area contributed by atoms with Gasteiger partial charge in [-0.15, -0.1) is 0 Å². The molecule has 0 spiro atoms. The maximum absolute atomic E-state index is 12.4. The van der Waals surface area contributed by atoms with Crippen LogP contribution < -0.4 is 5.32 Å². The highest BCUT2D eigenvalue weighted by Crippen LogP contribution is 2.35. The van der Waals surface area contributed by atoms with E-state index in [1.165, 1.54) is 22.4 Å². The minimum atomic E-state index is -0.188. The minimum absolute atomic E-state index is 0.0489. The number of nitrogens with one attached hydrogen (secondary N) is 1. The summed E-state index contributed by atoms with van der Waals surface area (Å²) in [5.74, 6) is -0.551. The Hall–Kier alpha value is -2.43. The topological polar surface area (TPSA) is 66.5 Å². The molecule has 27 heavy (non-hydrogen) atoms. The van der Waals surface area contributed by atoms with Gasteiger partial charge in [0.1, 0.15) is 0 Å². The molecule has 1 saturated heterocycles. The predicted octanol–water partition coefficient (Wildman–Crippen LogP) is 3.24. The first kappa shape index (κ1) is 18.0. The van der Waals surface area contributed by atoms with Crippen molar-refractivity contribution in [1.82, 2.24) is 4.90 Å². The molecule has 5 heteroatoms. The Kier molecular flexibility index (Phi) is 5.10. The van der Waals surface area contributed by atoms with Crippen molar-refractivity contribution >= 4 is 23.4 Å². The third-order valence-corrected chi connectivity index (χ3v) is 6.05. The Morgan fingerprint density at radius 2 is 1.74 bits per heavy atom. The molecule has 5 nitrogen and oxygen atoms in total. The highest BCUT2D eigenvalue weighted by molar-refractivity contribution is 6.05. The van der Waals surface area contributed by atoms with Crippen molar-refractivity contribution in [1.29, 1.82) is 0 Å². The molecule has 0 radical (unpaired) electrons. The number of amides is 3. The summed E-state index contributed by atoms with van der Waals surface area (Å²) < 4.78 is 0. The molecule has 1 aliphatic heterocycles.